The normalized spacial score (nSPS) is 20.4. The van der Waals surface area contributed by atoms with E-state index in [2.05, 4.69) is 15.9 Å². The summed E-state index contributed by atoms with van der Waals surface area (Å²) in [4.78, 5) is 12.4. The molecule has 0 N–H and O–H groups in total. The van der Waals surface area contributed by atoms with Gasteiger partial charge in [-0.1, -0.05) is 15.9 Å². The lowest BCUT2D eigenvalue weighted by molar-refractivity contribution is -0.122. The second-order valence-corrected chi connectivity index (χ2v) is 9.43. The van der Waals surface area contributed by atoms with Crippen molar-refractivity contribution >= 4 is 31.7 Å². The summed E-state index contributed by atoms with van der Waals surface area (Å²) in [5.41, 5.74) is 0.572. The number of nitrogens with zero attached hydrogens (tertiary/aromatic N) is 1. The van der Waals surface area contributed by atoms with E-state index in [4.69, 9.17) is 0 Å². The van der Waals surface area contributed by atoms with E-state index in [1.54, 1.807) is 6.07 Å². The van der Waals surface area contributed by atoms with Crippen molar-refractivity contribution in [3.8, 4) is 0 Å². The number of carbonyl (C=O) groups excluding carboxylic acids is 1. The van der Waals surface area contributed by atoms with Crippen molar-refractivity contribution in [1.29, 1.82) is 0 Å². The maximum absolute atomic E-state index is 14.0. The van der Waals surface area contributed by atoms with Crippen LogP contribution in [0.2, 0.25) is 0 Å². The molecule has 0 radical (unpaired) electrons. The lowest BCUT2D eigenvalue weighted by Gasteiger charge is -2.22. The molecule has 3 rings (SSSR count). The minimum absolute atomic E-state index is 0.0529. The first kappa shape index (κ1) is 21.0. The number of sulfonamides is 1. The fourth-order valence-corrected chi connectivity index (χ4v) is 5.41. The van der Waals surface area contributed by atoms with Crippen LogP contribution in [0.5, 0.6) is 0 Å². The number of carbonyl (C=O) groups is 1. The second kappa shape index (κ2) is 8.34. The Labute approximate surface area is 169 Å². The van der Waals surface area contributed by atoms with E-state index in [0.29, 0.717) is 10.0 Å². The van der Waals surface area contributed by atoms with E-state index >= 15 is 0 Å². The summed E-state index contributed by atoms with van der Waals surface area (Å²) < 4.78 is 67.5. The highest BCUT2D eigenvalue weighted by molar-refractivity contribution is 9.10. The number of halogens is 4. The maximum atomic E-state index is 14.0. The molecule has 4 nitrogen and oxygen atoms in total. The topological polar surface area (TPSA) is 54.5 Å². The number of rotatable bonds is 6. The van der Waals surface area contributed by atoms with Crippen molar-refractivity contribution in [3.05, 3.63) is 64.1 Å². The van der Waals surface area contributed by atoms with Crippen LogP contribution in [0.1, 0.15) is 18.4 Å². The summed E-state index contributed by atoms with van der Waals surface area (Å²) in [6.07, 6.45) is -1.55. The minimum atomic E-state index is -4.14. The van der Waals surface area contributed by atoms with Crippen LogP contribution < -0.4 is 0 Å². The first-order valence-corrected chi connectivity index (χ1v) is 10.8. The molecule has 1 saturated heterocycles. The summed E-state index contributed by atoms with van der Waals surface area (Å²) in [6, 6.07) is 7.26. The largest absolute Gasteiger partial charge is 0.298 e. The molecule has 1 aliphatic heterocycles. The molecule has 0 aromatic heterocycles. The lowest BCUT2D eigenvalue weighted by atomic mass is 10.0. The van der Waals surface area contributed by atoms with Crippen LogP contribution >= 0.6 is 15.9 Å². The molecule has 0 unspecified atom stereocenters. The van der Waals surface area contributed by atoms with Gasteiger partial charge in [-0.05, 0) is 54.4 Å². The number of benzene rings is 2. The fourth-order valence-electron chi connectivity index (χ4n) is 3.25. The van der Waals surface area contributed by atoms with Crippen molar-refractivity contribution in [2.45, 2.75) is 36.4 Å². The number of alkyl halides is 1. The maximum Gasteiger partial charge on any atom is 0.243 e. The van der Waals surface area contributed by atoms with E-state index in [9.17, 15) is 26.4 Å². The van der Waals surface area contributed by atoms with E-state index in [-0.39, 0.29) is 24.2 Å². The van der Waals surface area contributed by atoms with Crippen LogP contribution in [-0.4, -0.2) is 37.3 Å². The molecule has 2 atom stereocenters. The number of hydrogen-bond acceptors (Lipinski definition) is 3. The Bertz CT molecular complexity index is 962. The van der Waals surface area contributed by atoms with Gasteiger partial charge in [0.25, 0.3) is 0 Å². The molecule has 1 fully saturated rings. The molecule has 0 spiro atoms. The van der Waals surface area contributed by atoms with Gasteiger partial charge in [0.1, 0.15) is 17.8 Å². The van der Waals surface area contributed by atoms with Gasteiger partial charge in [-0.25, -0.2) is 21.6 Å². The van der Waals surface area contributed by atoms with Gasteiger partial charge in [0.05, 0.1) is 10.9 Å². The molecule has 150 valence electrons. The molecular weight excluding hydrogens is 459 g/mol. The highest BCUT2D eigenvalue weighted by Gasteiger charge is 2.43. The highest BCUT2D eigenvalue weighted by Crippen LogP contribution is 2.29. The van der Waals surface area contributed by atoms with E-state index < -0.39 is 46.2 Å². The number of hydrogen-bond donors (Lipinski definition) is 0. The summed E-state index contributed by atoms with van der Waals surface area (Å²) in [5.74, 6) is -1.49. The van der Waals surface area contributed by atoms with Gasteiger partial charge < -0.3 is 0 Å². The third kappa shape index (κ3) is 4.64. The number of Topliss-reactive ketones (excluding diaryl/α,β-unsaturated/α-hetero) is 1. The zero-order valence-corrected chi connectivity index (χ0v) is 17.0. The molecule has 2 aromatic rings. The first-order valence-electron chi connectivity index (χ1n) is 8.56. The molecule has 1 aliphatic rings. The number of aryl methyl sites for hydroxylation is 1. The fraction of sp³-hybridized carbons (Fsp3) is 0.316. The molecular formula is C19H17BrF3NO3S. The standard InChI is InChI=1S/C19H17BrF3NO3S/c20-13-7-12(8-15(22)9-13)1-6-19(25)18-10-16(23)11-24(18)28(26,27)17-4-2-14(21)3-5-17/h2-5,7-9,16,18H,1,6,10-11H2/t16-,18+/m1/s1. The van der Waals surface area contributed by atoms with Crippen LogP contribution in [0, 0.1) is 11.6 Å². The van der Waals surface area contributed by atoms with Gasteiger partial charge in [-0.15, -0.1) is 0 Å². The smallest absolute Gasteiger partial charge is 0.243 e. The Morgan fingerprint density at radius 3 is 2.43 bits per heavy atom. The quantitative estimate of drug-likeness (QED) is 0.633. The van der Waals surface area contributed by atoms with E-state index in [1.807, 2.05) is 0 Å². The lowest BCUT2D eigenvalue weighted by Crippen LogP contribution is -2.40. The Balaban J connectivity index is 1.77. The minimum Gasteiger partial charge on any atom is -0.298 e. The van der Waals surface area contributed by atoms with Gasteiger partial charge in [0.15, 0.2) is 5.78 Å². The molecule has 0 amide bonds. The van der Waals surface area contributed by atoms with Crippen molar-refractivity contribution in [3.63, 3.8) is 0 Å². The van der Waals surface area contributed by atoms with Crippen molar-refractivity contribution < 1.29 is 26.4 Å². The molecule has 9 heteroatoms. The van der Waals surface area contributed by atoms with Crippen LogP contribution in [0.3, 0.4) is 0 Å². The molecule has 0 aliphatic carbocycles. The predicted octanol–water partition coefficient (Wildman–Crippen LogP) is 4.03. The molecule has 28 heavy (non-hydrogen) atoms. The monoisotopic (exact) mass is 475 g/mol. The van der Waals surface area contributed by atoms with Crippen LogP contribution in [0.4, 0.5) is 13.2 Å². The number of ketones is 1. The molecule has 2 aromatic carbocycles. The van der Waals surface area contributed by atoms with Crippen LogP contribution in [-0.2, 0) is 21.2 Å². The predicted molar refractivity (Wildman–Crippen MR) is 101 cm³/mol. The zero-order valence-electron chi connectivity index (χ0n) is 14.6. The van der Waals surface area contributed by atoms with E-state index in [0.717, 1.165) is 28.6 Å². The van der Waals surface area contributed by atoms with Gasteiger partial charge in [0.2, 0.25) is 10.0 Å². The second-order valence-electron chi connectivity index (χ2n) is 6.62. The van der Waals surface area contributed by atoms with Crippen molar-refractivity contribution in [2.24, 2.45) is 0 Å². The molecule has 0 saturated carbocycles. The van der Waals surface area contributed by atoms with Crippen LogP contribution in [0.25, 0.3) is 0 Å². The third-order valence-electron chi connectivity index (χ3n) is 4.58. The zero-order chi connectivity index (χ0) is 20.5. The summed E-state index contributed by atoms with van der Waals surface area (Å²) in [5, 5.41) is 0. The van der Waals surface area contributed by atoms with Gasteiger partial charge in [-0.3, -0.25) is 4.79 Å². The van der Waals surface area contributed by atoms with Crippen molar-refractivity contribution in [2.75, 3.05) is 6.54 Å². The Kier molecular flexibility index (Phi) is 6.26. The van der Waals surface area contributed by atoms with E-state index in [1.165, 1.54) is 12.1 Å². The Morgan fingerprint density at radius 1 is 1.11 bits per heavy atom. The average Bonchev–Trinajstić information content (AvgIpc) is 3.02. The Morgan fingerprint density at radius 2 is 1.79 bits per heavy atom. The first-order chi connectivity index (χ1) is 13.2. The average molecular weight is 476 g/mol. The highest BCUT2D eigenvalue weighted by atomic mass is 79.9. The van der Waals surface area contributed by atoms with Gasteiger partial charge in [0, 0.05) is 23.9 Å². The van der Waals surface area contributed by atoms with Gasteiger partial charge >= 0.3 is 0 Å². The Hall–Kier alpha value is -1.71. The molecule has 0 bridgehead atoms. The molecule has 1 heterocycles. The summed E-state index contributed by atoms with van der Waals surface area (Å²) in [6.45, 7) is -0.429. The SMILES string of the molecule is O=C(CCc1cc(F)cc(Br)c1)[C@@H]1C[C@@H](F)CN1S(=O)(=O)c1ccc(F)cc1. The third-order valence-corrected chi connectivity index (χ3v) is 6.93. The van der Waals surface area contributed by atoms with Crippen molar-refractivity contribution in [1.82, 2.24) is 4.31 Å². The van der Waals surface area contributed by atoms with Gasteiger partial charge in [-0.2, -0.15) is 4.31 Å². The van der Waals surface area contributed by atoms with Crippen LogP contribution in [0.15, 0.2) is 51.8 Å². The summed E-state index contributed by atoms with van der Waals surface area (Å²) >= 11 is 3.17. The summed E-state index contributed by atoms with van der Waals surface area (Å²) in [7, 11) is -4.14.